The molecule has 2 saturated heterocycles. The first-order valence-corrected chi connectivity index (χ1v) is 14.5. The number of hydrogen-bond acceptors (Lipinski definition) is 5. The van der Waals surface area contributed by atoms with Crippen LogP contribution < -0.4 is 4.74 Å². The lowest BCUT2D eigenvalue weighted by Gasteiger charge is -2.42. The molecule has 4 rings (SSSR count). The van der Waals surface area contributed by atoms with E-state index in [0.717, 1.165) is 18.6 Å². The number of amides is 1. The molecule has 0 spiro atoms. The number of rotatable bonds is 5. The van der Waals surface area contributed by atoms with Crippen molar-refractivity contribution in [2.45, 2.75) is 76.5 Å². The van der Waals surface area contributed by atoms with Gasteiger partial charge in [-0.2, -0.15) is 13.2 Å². The quantitative estimate of drug-likeness (QED) is 0.510. The summed E-state index contributed by atoms with van der Waals surface area (Å²) >= 11 is 0. The number of sulfonamides is 1. The standard InChI is InChI=1S/C26H37F3N2O5S/c1-17-15-21(17)22-16-30(24(32)36-25(2,3)4)12-11-23(22)37(33,34)31-13-9-20(10-14-31)35-19-7-5-18(6-8-19)26(27,28)29/h5-8,17,20-23H,9-16H2,1-4H3/t17?,21-,22?,23?/m0/s1. The Hall–Kier alpha value is -2.01. The maximum atomic E-state index is 13.7. The summed E-state index contributed by atoms with van der Waals surface area (Å²) < 4.78 is 78.7. The number of piperidine rings is 2. The van der Waals surface area contributed by atoms with Gasteiger partial charge in [-0.15, -0.1) is 0 Å². The topological polar surface area (TPSA) is 76.2 Å². The fraction of sp³-hybridized carbons (Fsp3) is 0.731. The molecule has 3 aliphatic rings. The molecule has 1 saturated carbocycles. The third kappa shape index (κ3) is 6.71. The molecule has 2 aliphatic heterocycles. The van der Waals surface area contributed by atoms with Gasteiger partial charge >= 0.3 is 12.3 Å². The Morgan fingerprint density at radius 2 is 1.57 bits per heavy atom. The SMILES string of the molecule is CC1C[C@@H]1C1CN(C(=O)OC(C)(C)C)CCC1S(=O)(=O)N1CCC(Oc2ccc(C(F)(F)F)cc2)CC1. The van der Waals surface area contributed by atoms with E-state index in [1.807, 2.05) is 20.8 Å². The number of nitrogens with zero attached hydrogens (tertiary/aromatic N) is 2. The average molecular weight is 547 g/mol. The largest absolute Gasteiger partial charge is 0.490 e. The van der Waals surface area contributed by atoms with Gasteiger partial charge in [0, 0.05) is 26.2 Å². The van der Waals surface area contributed by atoms with Crippen molar-refractivity contribution in [2.24, 2.45) is 17.8 Å². The number of halogens is 3. The molecule has 0 aromatic heterocycles. The summed E-state index contributed by atoms with van der Waals surface area (Å²) in [6, 6.07) is 4.56. The van der Waals surface area contributed by atoms with Gasteiger partial charge in [0.05, 0.1) is 10.8 Å². The highest BCUT2D eigenvalue weighted by Crippen LogP contribution is 2.49. The minimum Gasteiger partial charge on any atom is -0.490 e. The Kier molecular flexibility index (Phi) is 7.78. The van der Waals surface area contributed by atoms with Crippen LogP contribution in [0.4, 0.5) is 18.0 Å². The molecule has 1 aliphatic carbocycles. The Bertz CT molecular complexity index is 1060. The van der Waals surface area contributed by atoms with Crippen LogP contribution in [-0.4, -0.2) is 66.9 Å². The second-order valence-electron chi connectivity index (χ2n) is 11.6. The van der Waals surface area contributed by atoms with Crippen molar-refractivity contribution in [1.29, 1.82) is 0 Å². The van der Waals surface area contributed by atoms with Crippen molar-refractivity contribution in [2.75, 3.05) is 26.2 Å². The molecule has 0 radical (unpaired) electrons. The van der Waals surface area contributed by atoms with Crippen LogP contribution >= 0.6 is 0 Å². The van der Waals surface area contributed by atoms with Gasteiger partial charge in [-0.05, 0) is 88.5 Å². The predicted octanol–water partition coefficient (Wildman–Crippen LogP) is 5.16. The maximum absolute atomic E-state index is 13.7. The molecule has 7 nitrogen and oxygen atoms in total. The highest BCUT2D eigenvalue weighted by molar-refractivity contribution is 7.89. The smallest absolute Gasteiger partial charge is 0.416 e. The van der Waals surface area contributed by atoms with Gasteiger partial charge in [-0.1, -0.05) is 6.92 Å². The van der Waals surface area contributed by atoms with Gasteiger partial charge in [0.25, 0.3) is 0 Å². The molecular weight excluding hydrogens is 509 g/mol. The predicted molar refractivity (Wildman–Crippen MR) is 133 cm³/mol. The normalized spacial score (nSPS) is 28.1. The molecule has 3 unspecified atom stereocenters. The number of likely N-dealkylation sites (tertiary alicyclic amines) is 1. The van der Waals surface area contributed by atoms with Crippen LogP contribution in [0.25, 0.3) is 0 Å². The molecule has 0 bridgehead atoms. The van der Waals surface area contributed by atoms with Crippen LogP contribution in [0, 0.1) is 17.8 Å². The van der Waals surface area contributed by atoms with Crippen molar-refractivity contribution in [3.63, 3.8) is 0 Å². The van der Waals surface area contributed by atoms with Crippen LogP contribution in [0.3, 0.4) is 0 Å². The fourth-order valence-corrected chi connectivity index (χ4v) is 7.73. The molecule has 208 valence electrons. The van der Waals surface area contributed by atoms with Gasteiger partial charge in [-0.3, -0.25) is 0 Å². The number of alkyl halides is 3. The van der Waals surface area contributed by atoms with E-state index in [2.05, 4.69) is 6.92 Å². The van der Waals surface area contributed by atoms with Crippen molar-refractivity contribution >= 4 is 16.1 Å². The van der Waals surface area contributed by atoms with Gasteiger partial charge in [0.1, 0.15) is 17.5 Å². The van der Waals surface area contributed by atoms with Gasteiger partial charge in [0.15, 0.2) is 0 Å². The zero-order valence-electron chi connectivity index (χ0n) is 21.8. The maximum Gasteiger partial charge on any atom is 0.416 e. The second kappa shape index (κ2) is 10.3. The van der Waals surface area contributed by atoms with Crippen LogP contribution in [0.15, 0.2) is 24.3 Å². The molecule has 1 aromatic rings. The Balaban J connectivity index is 1.37. The molecule has 1 aromatic carbocycles. The van der Waals surface area contributed by atoms with E-state index in [0.29, 0.717) is 57.1 Å². The van der Waals surface area contributed by atoms with Crippen molar-refractivity contribution < 1.29 is 35.9 Å². The summed E-state index contributed by atoms with van der Waals surface area (Å²) in [5.41, 5.74) is -1.35. The van der Waals surface area contributed by atoms with Crippen LogP contribution in [0.2, 0.25) is 0 Å². The van der Waals surface area contributed by atoms with Crippen molar-refractivity contribution in [3.05, 3.63) is 29.8 Å². The Morgan fingerprint density at radius 3 is 2.08 bits per heavy atom. The van der Waals surface area contributed by atoms with Crippen LogP contribution in [0.5, 0.6) is 5.75 Å². The molecule has 37 heavy (non-hydrogen) atoms. The summed E-state index contributed by atoms with van der Waals surface area (Å²) in [5.74, 6) is 0.906. The highest BCUT2D eigenvalue weighted by Gasteiger charge is 2.51. The lowest BCUT2D eigenvalue weighted by atomic mass is 9.92. The number of carbonyl (C=O) groups excluding carboxylic acids is 1. The zero-order chi connectivity index (χ0) is 27.2. The first-order chi connectivity index (χ1) is 17.1. The molecule has 1 amide bonds. The fourth-order valence-electron chi connectivity index (χ4n) is 5.49. The summed E-state index contributed by atoms with van der Waals surface area (Å²) in [4.78, 5) is 14.3. The van der Waals surface area contributed by atoms with E-state index in [1.165, 1.54) is 16.4 Å². The van der Waals surface area contributed by atoms with Crippen LogP contribution in [0.1, 0.15) is 58.9 Å². The average Bonchev–Trinajstić information content (AvgIpc) is 3.54. The summed E-state index contributed by atoms with van der Waals surface area (Å²) in [6.07, 6.45) is -2.82. The molecule has 11 heteroatoms. The lowest BCUT2D eigenvalue weighted by Crippen LogP contribution is -2.54. The first kappa shape index (κ1) is 28.0. The monoisotopic (exact) mass is 546 g/mol. The minimum absolute atomic E-state index is 0.137. The van der Waals surface area contributed by atoms with E-state index >= 15 is 0 Å². The molecular formula is C26H37F3N2O5S. The number of ether oxygens (including phenoxy) is 2. The second-order valence-corrected chi connectivity index (χ2v) is 13.7. The Morgan fingerprint density at radius 1 is 0.973 bits per heavy atom. The van der Waals surface area contributed by atoms with E-state index < -0.39 is 38.7 Å². The number of hydrogen-bond donors (Lipinski definition) is 0. The number of benzene rings is 1. The van der Waals surface area contributed by atoms with Gasteiger partial charge in [0.2, 0.25) is 10.0 Å². The highest BCUT2D eigenvalue weighted by atomic mass is 32.2. The third-order valence-electron chi connectivity index (χ3n) is 7.59. The summed E-state index contributed by atoms with van der Waals surface area (Å²) in [5, 5.41) is -0.548. The summed E-state index contributed by atoms with van der Waals surface area (Å²) in [7, 11) is -3.59. The van der Waals surface area contributed by atoms with Crippen LogP contribution in [-0.2, 0) is 20.9 Å². The van der Waals surface area contributed by atoms with Crippen molar-refractivity contribution in [3.8, 4) is 5.75 Å². The van der Waals surface area contributed by atoms with Crippen molar-refractivity contribution in [1.82, 2.24) is 9.21 Å². The summed E-state index contributed by atoms with van der Waals surface area (Å²) in [6.45, 7) is 8.87. The molecule has 2 heterocycles. The van der Waals surface area contributed by atoms with Gasteiger partial charge < -0.3 is 14.4 Å². The molecule has 0 N–H and O–H groups in total. The lowest BCUT2D eigenvalue weighted by molar-refractivity contribution is -0.137. The third-order valence-corrected chi connectivity index (χ3v) is 10.0. The van der Waals surface area contributed by atoms with E-state index in [1.54, 1.807) is 4.90 Å². The minimum atomic E-state index is -4.41. The zero-order valence-corrected chi connectivity index (χ0v) is 22.6. The number of carbonyl (C=O) groups is 1. The van der Waals surface area contributed by atoms with E-state index in [-0.39, 0.29) is 17.9 Å². The molecule has 3 fully saturated rings. The van der Waals surface area contributed by atoms with E-state index in [9.17, 15) is 26.4 Å². The first-order valence-electron chi connectivity index (χ1n) is 13.0. The molecule has 4 atom stereocenters. The van der Waals surface area contributed by atoms with E-state index in [4.69, 9.17) is 9.47 Å². The Labute approximate surface area is 217 Å². The van der Waals surface area contributed by atoms with Gasteiger partial charge in [-0.25, -0.2) is 17.5 Å².